The molecule has 1 aromatic carbocycles. The number of imidazole rings is 1. The van der Waals surface area contributed by atoms with E-state index < -0.39 is 6.04 Å². The van der Waals surface area contributed by atoms with Crippen LogP contribution in [0.3, 0.4) is 0 Å². The van der Waals surface area contributed by atoms with Crippen LogP contribution in [0.1, 0.15) is 74.1 Å². The lowest BCUT2D eigenvalue weighted by atomic mass is 10.0. The Morgan fingerprint density at radius 3 is 2.43 bits per heavy atom. The molecule has 42 heavy (non-hydrogen) atoms. The Labute approximate surface area is 252 Å². The Kier molecular flexibility index (Phi) is 9.57. The fourth-order valence-corrected chi connectivity index (χ4v) is 6.60. The van der Waals surface area contributed by atoms with E-state index in [-0.39, 0.29) is 17.7 Å². The minimum Gasteiger partial charge on any atom is -0.353 e. The molecular formula is C33H42N6O2S. The van der Waals surface area contributed by atoms with E-state index in [9.17, 15) is 9.59 Å². The van der Waals surface area contributed by atoms with Crippen molar-refractivity contribution < 1.29 is 9.59 Å². The fourth-order valence-electron chi connectivity index (χ4n) is 5.90. The number of carbonyl (C=O) groups is 2. The van der Waals surface area contributed by atoms with Gasteiger partial charge < -0.3 is 19.7 Å². The van der Waals surface area contributed by atoms with Crippen molar-refractivity contribution in [2.24, 2.45) is 5.92 Å². The summed E-state index contributed by atoms with van der Waals surface area (Å²) in [6.07, 6.45) is 5.16. The molecule has 9 heteroatoms. The maximum atomic E-state index is 13.7. The second-order valence-corrected chi connectivity index (χ2v) is 12.5. The van der Waals surface area contributed by atoms with Crippen LogP contribution in [0.5, 0.6) is 0 Å². The minimum atomic E-state index is -0.578. The van der Waals surface area contributed by atoms with E-state index in [1.54, 1.807) is 17.5 Å². The molecule has 8 nitrogen and oxygen atoms in total. The number of rotatable bonds is 11. The highest BCUT2D eigenvalue weighted by atomic mass is 32.1. The SMILES string of the molecule is CCC(CC)n1c(Cc2cccs2)nc2cc(C(=O)N[C@@H](CC(C)C)C(=O)N3CCN(c4ccccn4)CC3)ccc21. The zero-order valence-corrected chi connectivity index (χ0v) is 25.9. The Morgan fingerprint density at radius 2 is 1.79 bits per heavy atom. The van der Waals surface area contributed by atoms with Gasteiger partial charge in [0.1, 0.15) is 17.7 Å². The molecule has 5 rings (SSSR count). The lowest BCUT2D eigenvalue weighted by Crippen LogP contribution is -2.55. The van der Waals surface area contributed by atoms with Gasteiger partial charge in [-0.05, 0) is 67.0 Å². The number of fused-ring (bicyclic) bond motifs is 1. The highest BCUT2D eigenvalue weighted by Crippen LogP contribution is 2.28. The Morgan fingerprint density at radius 1 is 1.00 bits per heavy atom. The predicted octanol–water partition coefficient (Wildman–Crippen LogP) is 5.94. The molecule has 1 aliphatic rings. The molecule has 4 aromatic rings. The summed E-state index contributed by atoms with van der Waals surface area (Å²) in [4.78, 5) is 42.0. The van der Waals surface area contributed by atoms with E-state index in [1.165, 1.54) is 4.88 Å². The first-order valence-corrected chi connectivity index (χ1v) is 16.0. The van der Waals surface area contributed by atoms with Crippen LogP contribution >= 0.6 is 11.3 Å². The second kappa shape index (κ2) is 13.5. The summed E-state index contributed by atoms with van der Waals surface area (Å²) in [6.45, 7) is 11.2. The average molecular weight is 587 g/mol. The fraction of sp³-hybridized carbons (Fsp3) is 0.455. The lowest BCUT2D eigenvalue weighted by molar-refractivity contribution is -0.134. The number of aromatic nitrogens is 3. The predicted molar refractivity (Wildman–Crippen MR) is 170 cm³/mol. The number of carbonyl (C=O) groups excluding carboxylic acids is 2. The van der Waals surface area contributed by atoms with Gasteiger partial charge in [0.25, 0.3) is 5.91 Å². The van der Waals surface area contributed by atoms with Crippen LogP contribution in [0, 0.1) is 5.92 Å². The minimum absolute atomic E-state index is 0.0185. The summed E-state index contributed by atoms with van der Waals surface area (Å²) >= 11 is 1.74. The van der Waals surface area contributed by atoms with Crippen LogP contribution in [0.15, 0.2) is 60.1 Å². The summed E-state index contributed by atoms with van der Waals surface area (Å²) in [6, 6.07) is 15.6. The van der Waals surface area contributed by atoms with Gasteiger partial charge in [-0.3, -0.25) is 9.59 Å². The van der Waals surface area contributed by atoms with Gasteiger partial charge >= 0.3 is 0 Å². The number of anilines is 1. The number of benzene rings is 1. The topological polar surface area (TPSA) is 83.4 Å². The summed E-state index contributed by atoms with van der Waals surface area (Å²) in [5.74, 6) is 1.95. The van der Waals surface area contributed by atoms with Crippen molar-refractivity contribution in [1.29, 1.82) is 0 Å². The first-order chi connectivity index (χ1) is 20.4. The molecule has 0 spiro atoms. The van der Waals surface area contributed by atoms with Gasteiger partial charge in [0, 0.05) is 55.3 Å². The van der Waals surface area contributed by atoms with Gasteiger partial charge in [-0.25, -0.2) is 9.97 Å². The van der Waals surface area contributed by atoms with Crippen LogP contribution in [-0.2, 0) is 11.2 Å². The first kappa shape index (κ1) is 29.8. The van der Waals surface area contributed by atoms with E-state index in [2.05, 4.69) is 65.0 Å². The van der Waals surface area contributed by atoms with Crippen molar-refractivity contribution in [3.63, 3.8) is 0 Å². The van der Waals surface area contributed by atoms with Crippen molar-refractivity contribution in [3.8, 4) is 0 Å². The number of piperazine rings is 1. The van der Waals surface area contributed by atoms with Gasteiger partial charge in [-0.2, -0.15) is 0 Å². The standard InChI is InChI=1S/C33H42N6O2S/c1-5-25(6-2)39-29-13-12-24(21-27(29)35-31(39)22-26-10-9-19-42-26)32(40)36-28(20-23(3)4)33(41)38-17-15-37(16-18-38)30-11-7-8-14-34-30/h7-14,19,21,23,25,28H,5-6,15-18,20,22H2,1-4H3,(H,36,40)/t28-/m0/s1. The zero-order valence-electron chi connectivity index (χ0n) is 25.1. The molecule has 4 heterocycles. The third-order valence-corrected chi connectivity index (χ3v) is 9.00. The van der Waals surface area contributed by atoms with E-state index >= 15 is 0 Å². The van der Waals surface area contributed by atoms with Gasteiger partial charge in [0.15, 0.2) is 0 Å². The molecule has 0 unspecified atom stereocenters. The Balaban J connectivity index is 1.33. The molecule has 0 radical (unpaired) electrons. The van der Waals surface area contributed by atoms with E-state index in [4.69, 9.17) is 4.98 Å². The quantitative estimate of drug-likeness (QED) is 0.235. The molecule has 1 atom stereocenters. The number of pyridine rings is 1. The normalized spacial score (nSPS) is 14.6. The van der Waals surface area contributed by atoms with Crippen molar-refractivity contribution in [3.05, 3.63) is 76.4 Å². The molecule has 3 aromatic heterocycles. The van der Waals surface area contributed by atoms with Gasteiger partial charge in [-0.1, -0.05) is 39.8 Å². The van der Waals surface area contributed by atoms with Crippen molar-refractivity contribution >= 4 is 40.0 Å². The number of nitrogens with one attached hydrogen (secondary N) is 1. The maximum absolute atomic E-state index is 13.7. The molecular weight excluding hydrogens is 544 g/mol. The lowest BCUT2D eigenvalue weighted by Gasteiger charge is -2.37. The number of nitrogens with zero attached hydrogens (tertiary/aromatic N) is 5. The van der Waals surface area contributed by atoms with Crippen LogP contribution in [0.4, 0.5) is 5.82 Å². The zero-order chi connectivity index (χ0) is 29.6. The van der Waals surface area contributed by atoms with Crippen LogP contribution in [0.2, 0.25) is 0 Å². The molecule has 1 N–H and O–H groups in total. The molecule has 0 saturated carbocycles. The van der Waals surface area contributed by atoms with E-state index in [1.807, 2.05) is 41.3 Å². The van der Waals surface area contributed by atoms with Crippen molar-refractivity contribution in [1.82, 2.24) is 24.8 Å². The van der Waals surface area contributed by atoms with E-state index in [0.29, 0.717) is 31.1 Å². The summed E-state index contributed by atoms with van der Waals surface area (Å²) in [7, 11) is 0. The number of thiophene rings is 1. The first-order valence-electron chi connectivity index (χ1n) is 15.2. The molecule has 0 bridgehead atoms. The monoisotopic (exact) mass is 586 g/mol. The smallest absolute Gasteiger partial charge is 0.252 e. The molecule has 1 saturated heterocycles. The van der Waals surface area contributed by atoms with Gasteiger partial charge in [-0.15, -0.1) is 11.3 Å². The van der Waals surface area contributed by atoms with E-state index in [0.717, 1.165) is 55.0 Å². The van der Waals surface area contributed by atoms with Gasteiger partial charge in [0.05, 0.1) is 11.0 Å². The highest BCUT2D eigenvalue weighted by molar-refractivity contribution is 7.09. The largest absolute Gasteiger partial charge is 0.353 e. The number of hydrogen-bond acceptors (Lipinski definition) is 6. The third-order valence-electron chi connectivity index (χ3n) is 8.12. The molecule has 2 amide bonds. The number of hydrogen-bond donors (Lipinski definition) is 1. The summed E-state index contributed by atoms with van der Waals surface area (Å²) in [5.41, 5.74) is 2.40. The van der Waals surface area contributed by atoms with Crippen molar-refractivity contribution in [2.75, 3.05) is 31.1 Å². The van der Waals surface area contributed by atoms with Crippen LogP contribution < -0.4 is 10.2 Å². The van der Waals surface area contributed by atoms with Crippen LogP contribution in [-0.4, -0.2) is 63.5 Å². The van der Waals surface area contributed by atoms with Gasteiger partial charge in [0.2, 0.25) is 5.91 Å². The van der Waals surface area contributed by atoms with Crippen molar-refractivity contribution in [2.45, 2.75) is 65.5 Å². The van der Waals surface area contributed by atoms with Crippen LogP contribution in [0.25, 0.3) is 11.0 Å². The number of amides is 2. The summed E-state index contributed by atoms with van der Waals surface area (Å²) in [5, 5.41) is 5.18. The highest BCUT2D eigenvalue weighted by Gasteiger charge is 2.30. The molecule has 0 aliphatic carbocycles. The maximum Gasteiger partial charge on any atom is 0.252 e. The second-order valence-electron chi connectivity index (χ2n) is 11.5. The Bertz CT molecular complexity index is 1470. The molecule has 1 fully saturated rings. The molecule has 1 aliphatic heterocycles. The Hall–Kier alpha value is -3.72. The molecule has 222 valence electrons. The third kappa shape index (κ3) is 6.67. The average Bonchev–Trinajstić information content (AvgIpc) is 3.65. The summed E-state index contributed by atoms with van der Waals surface area (Å²) < 4.78 is 2.35.